The van der Waals surface area contributed by atoms with Gasteiger partial charge in [-0.05, 0) is 30.2 Å². The molecule has 0 spiro atoms. The molecule has 0 fully saturated rings. The standard InChI is InChI=1S/C10H8ClS/c1-2-9-10-7(6-12-9)4-3-5-8(10)11/h3-6H,1-2H2. The Morgan fingerprint density at radius 1 is 1.42 bits per heavy atom. The van der Waals surface area contributed by atoms with Crippen molar-refractivity contribution in [3.63, 3.8) is 0 Å². The third kappa shape index (κ3) is 1.13. The molecule has 0 saturated carbocycles. The topological polar surface area (TPSA) is 0 Å². The lowest BCUT2D eigenvalue weighted by molar-refractivity contribution is 1.37. The summed E-state index contributed by atoms with van der Waals surface area (Å²) in [4.78, 5) is 1.27. The largest absolute Gasteiger partial charge is 0.148 e. The molecule has 2 heteroatoms. The molecular weight excluding hydrogens is 188 g/mol. The predicted molar refractivity (Wildman–Crippen MR) is 55.9 cm³/mol. The molecule has 61 valence electrons. The van der Waals surface area contributed by atoms with Crippen LogP contribution in [0.15, 0.2) is 23.6 Å². The second kappa shape index (κ2) is 3.08. The van der Waals surface area contributed by atoms with E-state index in [2.05, 4.69) is 18.4 Å². The van der Waals surface area contributed by atoms with E-state index in [0.717, 1.165) is 11.4 Å². The summed E-state index contributed by atoms with van der Waals surface area (Å²) in [7, 11) is 0. The molecule has 1 radical (unpaired) electrons. The van der Waals surface area contributed by atoms with Gasteiger partial charge in [-0.3, -0.25) is 0 Å². The molecule has 0 saturated heterocycles. The summed E-state index contributed by atoms with van der Waals surface area (Å²) >= 11 is 7.79. The molecule has 0 N–H and O–H groups in total. The fourth-order valence-corrected chi connectivity index (χ4v) is 2.59. The summed E-state index contributed by atoms with van der Waals surface area (Å²) in [6, 6.07) is 5.98. The molecule has 1 aromatic carbocycles. The van der Waals surface area contributed by atoms with Crippen molar-refractivity contribution >= 4 is 33.7 Å². The summed E-state index contributed by atoms with van der Waals surface area (Å²) in [6.07, 6.45) is 0.817. The molecule has 0 aliphatic heterocycles. The van der Waals surface area contributed by atoms with E-state index < -0.39 is 0 Å². The van der Waals surface area contributed by atoms with Gasteiger partial charge in [-0.15, -0.1) is 11.3 Å². The minimum absolute atomic E-state index is 0.817. The molecule has 0 nitrogen and oxygen atoms in total. The van der Waals surface area contributed by atoms with Gasteiger partial charge in [0.15, 0.2) is 0 Å². The Balaban J connectivity index is 2.83. The van der Waals surface area contributed by atoms with E-state index in [1.807, 2.05) is 12.1 Å². The van der Waals surface area contributed by atoms with Crippen molar-refractivity contribution in [3.05, 3.63) is 40.4 Å². The lowest BCUT2D eigenvalue weighted by Crippen LogP contribution is -1.74. The van der Waals surface area contributed by atoms with Crippen LogP contribution in [-0.2, 0) is 6.42 Å². The van der Waals surface area contributed by atoms with Gasteiger partial charge in [-0.25, -0.2) is 0 Å². The van der Waals surface area contributed by atoms with Gasteiger partial charge >= 0.3 is 0 Å². The molecule has 0 amide bonds. The lowest BCUT2D eigenvalue weighted by Gasteiger charge is -1.95. The second-order valence-electron chi connectivity index (χ2n) is 2.61. The van der Waals surface area contributed by atoms with Gasteiger partial charge in [-0.2, -0.15) is 0 Å². The fourth-order valence-electron chi connectivity index (χ4n) is 1.31. The number of hydrogen-bond donors (Lipinski definition) is 0. The minimum Gasteiger partial charge on any atom is -0.148 e. The number of fused-ring (bicyclic) bond motifs is 1. The quantitative estimate of drug-likeness (QED) is 0.647. The molecule has 0 atom stereocenters. The monoisotopic (exact) mass is 195 g/mol. The summed E-state index contributed by atoms with van der Waals surface area (Å²) in [5.41, 5.74) is 0. The van der Waals surface area contributed by atoms with E-state index in [0.29, 0.717) is 0 Å². The average molecular weight is 196 g/mol. The maximum Gasteiger partial charge on any atom is 0.0495 e. The van der Waals surface area contributed by atoms with Crippen molar-refractivity contribution in [2.45, 2.75) is 6.42 Å². The molecule has 1 aromatic heterocycles. The van der Waals surface area contributed by atoms with Gasteiger partial charge in [0.05, 0.1) is 0 Å². The van der Waals surface area contributed by atoms with Gasteiger partial charge in [0.1, 0.15) is 0 Å². The molecule has 1 heterocycles. The van der Waals surface area contributed by atoms with Gasteiger partial charge in [-0.1, -0.05) is 23.7 Å². The Labute approximate surface area is 80.8 Å². The predicted octanol–water partition coefficient (Wildman–Crippen LogP) is 3.93. The SMILES string of the molecule is [CH2]Cc1scc2cccc(Cl)c12. The highest BCUT2D eigenvalue weighted by molar-refractivity contribution is 7.11. The zero-order chi connectivity index (χ0) is 8.55. The third-order valence-corrected chi connectivity index (χ3v) is 3.26. The molecule has 0 unspecified atom stereocenters. The second-order valence-corrected chi connectivity index (χ2v) is 3.98. The molecule has 12 heavy (non-hydrogen) atoms. The number of rotatable bonds is 1. The van der Waals surface area contributed by atoms with Crippen LogP contribution in [0.5, 0.6) is 0 Å². The van der Waals surface area contributed by atoms with Crippen LogP contribution in [0, 0.1) is 6.92 Å². The molecular formula is C10H8ClS. The van der Waals surface area contributed by atoms with Crippen molar-refractivity contribution in [1.82, 2.24) is 0 Å². The Kier molecular flexibility index (Phi) is 2.07. The van der Waals surface area contributed by atoms with Gasteiger partial charge < -0.3 is 0 Å². The van der Waals surface area contributed by atoms with Gasteiger partial charge in [0.2, 0.25) is 0 Å². The first-order valence-corrected chi connectivity index (χ1v) is 5.02. The molecule has 0 aliphatic rings. The Morgan fingerprint density at radius 3 is 3.00 bits per heavy atom. The van der Waals surface area contributed by atoms with Crippen LogP contribution in [0.4, 0.5) is 0 Å². The third-order valence-electron chi connectivity index (χ3n) is 1.88. The lowest BCUT2D eigenvalue weighted by atomic mass is 10.2. The van der Waals surface area contributed by atoms with Crippen molar-refractivity contribution in [1.29, 1.82) is 0 Å². The first kappa shape index (κ1) is 8.09. The van der Waals surface area contributed by atoms with Crippen LogP contribution in [0.2, 0.25) is 5.02 Å². The van der Waals surface area contributed by atoms with Gasteiger partial charge in [0.25, 0.3) is 0 Å². The smallest absolute Gasteiger partial charge is 0.0495 e. The Hall–Kier alpha value is -0.530. The normalized spacial score (nSPS) is 10.8. The first-order chi connectivity index (χ1) is 5.83. The number of thiophene rings is 1. The van der Waals surface area contributed by atoms with Crippen molar-refractivity contribution < 1.29 is 0 Å². The van der Waals surface area contributed by atoms with Crippen molar-refractivity contribution in [3.8, 4) is 0 Å². The van der Waals surface area contributed by atoms with Crippen LogP contribution >= 0.6 is 22.9 Å². The van der Waals surface area contributed by atoms with Crippen LogP contribution < -0.4 is 0 Å². The number of hydrogen-bond acceptors (Lipinski definition) is 1. The highest BCUT2D eigenvalue weighted by Gasteiger charge is 2.04. The van der Waals surface area contributed by atoms with E-state index in [1.54, 1.807) is 11.3 Å². The van der Waals surface area contributed by atoms with Crippen molar-refractivity contribution in [2.24, 2.45) is 0 Å². The van der Waals surface area contributed by atoms with Crippen LogP contribution in [0.25, 0.3) is 10.8 Å². The zero-order valence-corrected chi connectivity index (χ0v) is 8.08. The summed E-state index contributed by atoms with van der Waals surface area (Å²) < 4.78 is 0. The highest BCUT2D eigenvalue weighted by atomic mass is 35.5. The van der Waals surface area contributed by atoms with E-state index in [1.165, 1.54) is 15.6 Å². The molecule has 2 aromatic rings. The average Bonchev–Trinajstić information content (AvgIpc) is 2.49. The van der Waals surface area contributed by atoms with E-state index in [-0.39, 0.29) is 0 Å². The molecule has 0 bridgehead atoms. The van der Waals surface area contributed by atoms with E-state index in [9.17, 15) is 0 Å². The summed E-state index contributed by atoms with van der Waals surface area (Å²) in [5, 5.41) is 5.37. The maximum absolute atomic E-state index is 6.06. The first-order valence-electron chi connectivity index (χ1n) is 3.77. The Morgan fingerprint density at radius 2 is 2.25 bits per heavy atom. The fraction of sp³-hybridized carbons (Fsp3) is 0.100. The molecule has 0 aliphatic carbocycles. The molecule has 2 rings (SSSR count). The van der Waals surface area contributed by atoms with Crippen molar-refractivity contribution in [2.75, 3.05) is 0 Å². The van der Waals surface area contributed by atoms with Crippen LogP contribution in [0.1, 0.15) is 4.88 Å². The highest BCUT2D eigenvalue weighted by Crippen LogP contribution is 2.31. The maximum atomic E-state index is 6.06. The summed E-state index contributed by atoms with van der Waals surface area (Å²) in [6.45, 7) is 3.87. The Bertz CT molecular complexity index is 403. The van der Waals surface area contributed by atoms with E-state index >= 15 is 0 Å². The van der Waals surface area contributed by atoms with E-state index in [4.69, 9.17) is 11.6 Å². The number of halogens is 1. The zero-order valence-electron chi connectivity index (χ0n) is 6.51. The van der Waals surface area contributed by atoms with Crippen LogP contribution in [0.3, 0.4) is 0 Å². The number of benzene rings is 1. The van der Waals surface area contributed by atoms with Crippen LogP contribution in [-0.4, -0.2) is 0 Å². The van der Waals surface area contributed by atoms with Gasteiger partial charge in [0, 0.05) is 15.3 Å². The summed E-state index contributed by atoms with van der Waals surface area (Å²) in [5.74, 6) is 0. The minimum atomic E-state index is 0.817.